The highest BCUT2D eigenvalue weighted by Gasteiger charge is 2.32. The Kier molecular flexibility index (Phi) is 7.64. The van der Waals surface area contributed by atoms with Crippen molar-refractivity contribution < 1.29 is 38.6 Å². The van der Waals surface area contributed by atoms with Crippen molar-refractivity contribution in [2.45, 2.75) is 29.1 Å². The van der Waals surface area contributed by atoms with Crippen LogP contribution in [0.1, 0.15) is 16.9 Å². The summed E-state index contributed by atoms with van der Waals surface area (Å²) in [5.41, 5.74) is -0.763. The van der Waals surface area contributed by atoms with Crippen LogP contribution < -0.4 is 4.18 Å². The monoisotopic (exact) mass is 601 g/mol. The lowest BCUT2D eigenvalue weighted by atomic mass is 10.1. The van der Waals surface area contributed by atoms with Gasteiger partial charge in [-0.05, 0) is 70.9 Å². The Balaban J connectivity index is 1.44. The van der Waals surface area contributed by atoms with Crippen LogP contribution in [0.4, 0.5) is 13.2 Å². The number of halogens is 3. The topological polar surface area (TPSA) is 93.9 Å². The van der Waals surface area contributed by atoms with Gasteiger partial charge in [-0.1, -0.05) is 48.5 Å². The fourth-order valence-electron chi connectivity index (χ4n) is 4.18. The third-order valence-electron chi connectivity index (χ3n) is 6.18. The molecule has 41 heavy (non-hydrogen) atoms. The molecule has 0 bridgehead atoms. The minimum Gasteiger partial charge on any atom is -0.468 e. The van der Waals surface area contributed by atoms with Crippen molar-refractivity contribution in [3.05, 3.63) is 126 Å². The summed E-state index contributed by atoms with van der Waals surface area (Å²) in [5, 5.41) is 1.61. The molecule has 0 saturated carbocycles. The molecule has 0 unspecified atom stereocenters. The van der Waals surface area contributed by atoms with Gasteiger partial charge in [0.2, 0.25) is 10.0 Å². The van der Waals surface area contributed by atoms with Crippen LogP contribution in [0.25, 0.3) is 10.8 Å². The van der Waals surface area contributed by atoms with Gasteiger partial charge in [-0.25, -0.2) is 8.42 Å². The fourth-order valence-corrected chi connectivity index (χ4v) is 6.58. The first-order valence-corrected chi connectivity index (χ1v) is 15.0. The highest BCUT2D eigenvalue weighted by molar-refractivity contribution is 7.89. The molecule has 0 N–H and O–H groups in total. The highest BCUT2D eigenvalue weighted by atomic mass is 32.2. The van der Waals surface area contributed by atoms with Crippen LogP contribution in [-0.2, 0) is 39.4 Å². The van der Waals surface area contributed by atoms with E-state index in [4.69, 9.17) is 8.60 Å². The molecule has 0 aliphatic carbocycles. The van der Waals surface area contributed by atoms with Crippen LogP contribution in [0.15, 0.2) is 124 Å². The summed E-state index contributed by atoms with van der Waals surface area (Å²) >= 11 is 0. The third-order valence-corrected chi connectivity index (χ3v) is 9.22. The lowest BCUT2D eigenvalue weighted by molar-refractivity contribution is -0.137. The standard InChI is InChI=1S/C29H22F3NO6S2/c30-29(31,32)24-9-4-12-28(18-24)41(36,37)39-25-10-3-6-21(16-25)19-33(20-26-11-5-15-38-26)40(34,35)27-14-13-22-7-1-2-8-23(22)17-27/h1-18H,19-20H2. The van der Waals surface area contributed by atoms with E-state index in [1.807, 2.05) is 12.1 Å². The van der Waals surface area contributed by atoms with E-state index in [1.165, 1.54) is 34.8 Å². The summed E-state index contributed by atoms with van der Waals surface area (Å²) in [5.74, 6) is 0.190. The average molecular weight is 602 g/mol. The first-order chi connectivity index (χ1) is 19.4. The molecule has 0 amide bonds. The zero-order valence-electron chi connectivity index (χ0n) is 21.2. The van der Waals surface area contributed by atoms with Gasteiger partial charge in [0.25, 0.3) is 0 Å². The Hall–Kier alpha value is -4.13. The normalized spacial score (nSPS) is 12.6. The van der Waals surface area contributed by atoms with Crippen molar-refractivity contribution in [2.24, 2.45) is 0 Å². The number of benzene rings is 4. The number of fused-ring (bicyclic) bond motifs is 1. The van der Waals surface area contributed by atoms with Crippen LogP contribution in [0, 0.1) is 0 Å². The van der Waals surface area contributed by atoms with Gasteiger partial charge in [0.1, 0.15) is 16.4 Å². The average Bonchev–Trinajstić information content (AvgIpc) is 3.45. The van der Waals surface area contributed by atoms with Crippen molar-refractivity contribution in [3.8, 4) is 5.75 Å². The van der Waals surface area contributed by atoms with Crippen molar-refractivity contribution in [1.82, 2.24) is 4.31 Å². The van der Waals surface area contributed by atoms with Crippen LogP contribution >= 0.6 is 0 Å². The molecule has 12 heteroatoms. The van der Waals surface area contributed by atoms with Gasteiger partial charge >= 0.3 is 16.3 Å². The summed E-state index contributed by atoms with van der Waals surface area (Å²) < 4.78 is 104. The van der Waals surface area contributed by atoms with Gasteiger partial charge in [0.05, 0.1) is 23.3 Å². The first kappa shape index (κ1) is 28.4. The van der Waals surface area contributed by atoms with E-state index in [2.05, 4.69) is 0 Å². The molecule has 5 aromatic rings. The smallest absolute Gasteiger partial charge is 0.416 e. The van der Waals surface area contributed by atoms with Crippen molar-refractivity contribution in [3.63, 3.8) is 0 Å². The molecule has 0 aliphatic rings. The maximum atomic E-state index is 13.8. The minimum absolute atomic E-state index is 0.0577. The molecular weight excluding hydrogens is 579 g/mol. The number of furan rings is 1. The van der Waals surface area contributed by atoms with Crippen LogP contribution in [0.2, 0.25) is 0 Å². The predicted molar refractivity (Wildman–Crippen MR) is 145 cm³/mol. The second-order valence-corrected chi connectivity index (χ2v) is 12.6. The van der Waals surface area contributed by atoms with E-state index in [-0.39, 0.29) is 23.7 Å². The molecule has 212 valence electrons. The largest absolute Gasteiger partial charge is 0.468 e. The second kappa shape index (κ2) is 11.0. The number of nitrogens with zero attached hydrogens (tertiary/aromatic N) is 1. The van der Waals surface area contributed by atoms with Gasteiger partial charge in [-0.15, -0.1) is 0 Å². The molecule has 0 fully saturated rings. The second-order valence-electron chi connectivity index (χ2n) is 9.07. The van der Waals surface area contributed by atoms with E-state index < -0.39 is 36.8 Å². The van der Waals surface area contributed by atoms with E-state index >= 15 is 0 Å². The van der Waals surface area contributed by atoms with E-state index in [9.17, 15) is 30.0 Å². The molecule has 1 heterocycles. The van der Waals surface area contributed by atoms with Crippen LogP contribution in [-0.4, -0.2) is 21.1 Å². The number of rotatable bonds is 9. The highest BCUT2D eigenvalue weighted by Crippen LogP contribution is 2.31. The molecule has 0 radical (unpaired) electrons. The van der Waals surface area contributed by atoms with Gasteiger partial charge in [0, 0.05) is 6.54 Å². The van der Waals surface area contributed by atoms with Crippen molar-refractivity contribution in [2.75, 3.05) is 0 Å². The Morgan fingerprint density at radius 3 is 2.20 bits per heavy atom. The Labute approximate surface area is 234 Å². The molecule has 0 aliphatic heterocycles. The summed E-state index contributed by atoms with van der Waals surface area (Å²) in [6.45, 7) is -0.299. The zero-order valence-corrected chi connectivity index (χ0v) is 22.8. The summed E-state index contributed by atoms with van der Waals surface area (Å²) in [7, 11) is -8.69. The quantitative estimate of drug-likeness (QED) is 0.177. The molecule has 4 aromatic carbocycles. The first-order valence-electron chi connectivity index (χ1n) is 12.1. The Morgan fingerprint density at radius 2 is 1.46 bits per heavy atom. The van der Waals surface area contributed by atoms with Crippen molar-refractivity contribution >= 4 is 30.9 Å². The predicted octanol–water partition coefficient (Wildman–Crippen LogP) is 6.61. The van der Waals surface area contributed by atoms with Crippen molar-refractivity contribution in [1.29, 1.82) is 0 Å². The number of hydrogen-bond donors (Lipinski definition) is 0. The van der Waals surface area contributed by atoms with Crippen LogP contribution in [0.3, 0.4) is 0 Å². The number of hydrogen-bond acceptors (Lipinski definition) is 6. The maximum absolute atomic E-state index is 13.8. The number of sulfonamides is 1. The number of alkyl halides is 3. The zero-order chi connectivity index (χ0) is 29.3. The molecule has 7 nitrogen and oxygen atoms in total. The minimum atomic E-state index is -4.74. The van der Waals surface area contributed by atoms with Gasteiger partial charge < -0.3 is 8.60 Å². The summed E-state index contributed by atoms with van der Waals surface area (Å²) in [6.07, 6.45) is -3.32. The fraction of sp³-hybridized carbons (Fsp3) is 0.103. The van der Waals surface area contributed by atoms with E-state index in [0.717, 1.165) is 29.0 Å². The lowest BCUT2D eigenvalue weighted by Crippen LogP contribution is -2.30. The lowest BCUT2D eigenvalue weighted by Gasteiger charge is -2.22. The van der Waals surface area contributed by atoms with E-state index in [1.54, 1.807) is 42.5 Å². The third kappa shape index (κ3) is 6.45. The van der Waals surface area contributed by atoms with Gasteiger partial charge in [-0.2, -0.15) is 25.9 Å². The maximum Gasteiger partial charge on any atom is 0.416 e. The molecule has 0 spiro atoms. The van der Waals surface area contributed by atoms with Crippen LogP contribution in [0.5, 0.6) is 5.75 Å². The molecule has 5 rings (SSSR count). The molecule has 0 atom stereocenters. The molecule has 0 saturated heterocycles. The van der Waals surface area contributed by atoms with Gasteiger partial charge in [0.15, 0.2) is 0 Å². The molecular formula is C29H22F3NO6S2. The van der Waals surface area contributed by atoms with Gasteiger partial charge in [-0.3, -0.25) is 0 Å². The Bertz CT molecular complexity index is 1900. The summed E-state index contributed by atoms with van der Waals surface area (Å²) in [6, 6.07) is 24.2. The summed E-state index contributed by atoms with van der Waals surface area (Å²) in [4.78, 5) is -0.613. The SMILES string of the molecule is O=S(=O)(Oc1cccc(CN(Cc2ccco2)S(=O)(=O)c2ccc3ccccc3c2)c1)c1cccc(C(F)(F)F)c1. The molecule has 1 aromatic heterocycles. The Morgan fingerprint density at radius 1 is 0.707 bits per heavy atom. The van der Waals surface area contributed by atoms with E-state index in [0.29, 0.717) is 17.4 Å².